The number of aryl methyl sites for hydroxylation is 1. The minimum absolute atomic E-state index is 0.112. The van der Waals surface area contributed by atoms with Crippen molar-refractivity contribution in [3.8, 4) is 0 Å². The molecule has 0 unspecified atom stereocenters. The van der Waals surface area contributed by atoms with Crippen LogP contribution in [0.2, 0.25) is 0 Å². The molecule has 8 nitrogen and oxygen atoms in total. The van der Waals surface area contributed by atoms with Crippen molar-refractivity contribution in [2.75, 3.05) is 18.4 Å². The van der Waals surface area contributed by atoms with Crippen LogP contribution in [-0.2, 0) is 21.4 Å². The fraction of sp³-hybridized carbons (Fsp3) is 0.316. The van der Waals surface area contributed by atoms with Crippen LogP contribution in [0.15, 0.2) is 45.7 Å². The van der Waals surface area contributed by atoms with Crippen LogP contribution in [-0.4, -0.2) is 41.3 Å². The Hall–Kier alpha value is -2.56. The Kier molecular flexibility index (Phi) is 6.15. The van der Waals surface area contributed by atoms with Crippen LogP contribution in [0.5, 0.6) is 0 Å². The van der Waals surface area contributed by atoms with Crippen LogP contribution in [0, 0.1) is 6.92 Å². The molecule has 1 N–H and O–H groups in total. The number of benzene rings is 1. The van der Waals surface area contributed by atoms with Crippen LogP contribution in [0.4, 0.5) is 5.69 Å². The molecule has 0 bridgehead atoms. The van der Waals surface area contributed by atoms with E-state index in [1.54, 1.807) is 38.3 Å². The number of carbonyl (C=O) groups is 1. The van der Waals surface area contributed by atoms with Gasteiger partial charge in [0.15, 0.2) is 0 Å². The number of aromatic nitrogens is 2. The molecule has 3 aromatic rings. The average molecular weight is 435 g/mol. The number of nitrogens with zero attached hydrogens (tertiary/aromatic N) is 3. The molecular weight excluding hydrogens is 412 g/mol. The molecule has 0 spiro atoms. The Morgan fingerprint density at radius 1 is 1.24 bits per heavy atom. The van der Waals surface area contributed by atoms with Gasteiger partial charge in [0.2, 0.25) is 15.9 Å². The summed E-state index contributed by atoms with van der Waals surface area (Å²) >= 11 is 1.27. The third-order valence-corrected chi connectivity index (χ3v) is 7.51. The zero-order chi connectivity index (χ0) is 21.2. The van der Waals surface area contributed by atoms with E-state index in [4.69, 9.17) is 0 Å². The Labute approximate surface area is 172 Å². The lowest BCUT2D eigenvalue weighted by molar-refractivity contribution is -0.116. The third kappa shape index (κ3) is 4.24. The van der Waals surface area contributed by atoms with Gasteiger partial charge in [-0.3, -0.25) is 14.2 Å². The minimum Gasteiger partial charge on any atom is -0.324 e. The molecule has 0 aliphatic carbocycles. The Balaban J connectivity index is 1.84. The smallest absolute Gasteiger partial charge is 0.271 e. The summed E-state index contributed by atoms with van der Waals surface area (Å²) in [4.78, 5) is 29.2. The summed E-state index contributed by atoms with van der Waals surface area (Å²) in [5.74, 6) is -0.440. The first kappa shape index (κ1) is 21.2. The summed E-state index contributed by atoms with van der Waals surface area (Å²) in [5, 5.41) is 4.48. The second-order valence-electron chi connectivity index (χ2n) is 6.43. The third-order valence-electron chi connectivity index (χ3n) is 4.58. The number of hydrogen-bond acceptors (Lipinski definition) is 6. The van der Waals surface area contributed by atoms with Crippen molar-refractivity contribution in [2.45, 2.75) is 32.2 Å². The van der Waals surface area contributed by atoms with Gasteiger partial charge in [-0.2, -0.15) is 4.31 Å². The van der Waals surface area contributed by atoms with E-state index in [9.17, 15) is 18.0 Å². The topological polar surface area (TPSA) is 101 Å². The molecule has 154 valence electrons. The summed E-state index contributed by atoms with van der Waals surface area (Å²) < 4.78 is 28.6. The van der Waals surface area contributed by atoms with Gasteiger partial charge in [-0.15, -0.1) is 11.3 Å². The molecule has 2 heterocycles. The van der Waals surface area contributed by atoms with Gasteiger partial charge in [0.05, 0.1) is 16.7 Å². The van der Waals surface area contributed by atoms with E-state index in [0.717, 1.165) is 5.56 Å². The minimum atomic E-state index is -3.64. The van der Waals surface area contributed by atoms with Gasteiger partial charge in [0.1, 0.15) is 11.2 Å². The number of hydrogen-bond donors (Lipinski definition) is 1. The first-order chi connectivity index (χ1) is 13.8. The van der Waals surface area contributed by atoms with Crippen molar-refractivity contribution in [1.82, 2.24) is 13.9 Å². The molecule has 2 aromatic heterocycles. The number of anilines is 1. The van der Waals surface area contributed by atoms with Crippen molar-refractivity contribution >= 4 is 43.2 Å². The summed E-state index contributed by atoms with van der Waals surface area (Å²) in [6.07, 6.45) is 1.34. The van der Waals surface area contributed by atoms with E-state index < -0.39 is 15.9 Å². The van der Waals surface area contributed by atoms with Gasteiger partial charge in [0, 0.05) is 18.8 Å². The first-order valence-electron chi connectivity index (χ1n) is 9.11. The Bertz CT molecular complexity index is 1210. The van der Waals surface area contributed by atoms with Gasteiger partial charge in [-0.25, -0.2) is 13.4 Å². The molecule has 0 aliphatic rings. The normalized spacial score (nSPS) is 11.9. The van der Waals surface area contributed by atoms with Crippen molar-refractivity contribution in [3.63, 3.8) is 0 Å². The Morgan fingerprint density at radius 3 is 2.66 bits per heavy atom. The lowest BCUT2D eigenvalue weighted by atomic mass is 10.2. The molecule has 0 saturated carbocycles. The van der Waals surface area contributed by atoms with Crippen molar-refractivity contribution in [1.29, 1.82) is 0 Å². The highest BCUT2D eigenvalue weighted by atomic mass is 32.2. The van der Waals surface area contributed by atoms with Gasteiger partial charge in [-0.1, -0.05) is 19.9 Å². The maximum Gasteiger partial charge on any atom is 0.271 e. The molecule has 0 atom stereocenters. The summed E-state index contributed by atoms with van der Waals surface area (Å²) in [5.41, 5.74) is 1.43. The van der Waals surface area contributed by atoms with Crippen LogP contribution >= 0.6 is 11.3 Å². The van der Waals surface area contributed by atoms with E-state index in [1.807, 2.05) is 0 Å². The predicted molar refractivity (Wildman–Crippen MR) is 114 cm³/mol. The Morgan fingerprint density at radius 2 is 1.97 bits per heavy atom. The van der Waals surface area contributed by atoms with Gasteiger partial charge >= 0.3 is 0 Å². The maximum absolute atomic E-state index is 12.7. The van der Waals surface area contributed by atoms with Crippen LogP contribution in [0.3, 0.4) is 0 Å². The largest absolute Gasteiger partial charge is 0.324 e. The molecule has 1 aromatic carbocycles. The fourth-order valence-electron chi connectivity index (χ4n) is 2.94. The van der Waals surface area contributed by atoms with Crippen LogP contribution < -0.4 is 10.9 Å². The fourth-order valence-corrected chi connectivity index (χ4v) is 5.22. The van der Waals surface area contributed by atoms with Gasteiger partial charge in [0.25, 0.3) is 5.56 Å². The maximum atomic E-state index is 12.7. The zero-order valence-electron chi connectivity index (χ0n) is 16.4. The van der Waals surface area contributed by atoms with E-state index in [-0.39, 0.29) is 17.0 Å². The number of carbonyl (C=O) groups excluding carboxylic acids is 1. The number of nitrogens with one attached hydrogen (secondary N) is 1. The van der Waals surface area contributed by atoms with Crippen molar-refractivity contribution in [2.24, 2.45) is 0 Å². The monoisotopic (exact) mass is 434 g/mol. The van der Waals surface area contributed by atoms with Crippen LogP contribution in [0.25, 0.3) is 10.2 Å². The SMILES string of the molecule is CCN(CC)S(=O)(=O)c1ccc(C)c(NC(=O)Cn2cnc3ccsc3c2=O)c1. The first-order valence-corrected chi connectivity index (χ1v) is 11.4. The molecule has 3 rings (SSSR count). The summed E-state index contributed by atoms with van der Waals surface area (Å²) in [7, 11) is -3.64. The zero-order valence-corrected chi connectivity index (χ0v) is 18.0. The molecule has 0 aliphatic heterocycles. The number of rotatable bonds is 7. The standard InChI is InChI=1S/C19H22N4O4S2/c1-4-23(5-2)29(26,27)14-7-6-13(3)16(10-14)21-17(24)11-22-12-20-15-8-9-28-18(15)19(22)25/h6-10,12H,4-5,11H2,1-3H3,(H,21,24). The average Bonchev–Trinajstić information content (AvgIpc) is 3.16. The highest BCUT2D eigenvalue weighted by Gasteiger charge is 2.22. The van der Waals surface area contributed by atoms with Crippen molar-refractivity contribution in [3.05, 3.63) is 51.9 Å². The van der Waals surface area contributed by atoms with Crippen molar-refractivity contribution < 1.29 is 13.2 Å². The van der Waals surface area contributed by atoms with E-state index in [2.05, 4.69) is 10.3 Å². The van der Waals surface area contributed by atoms with E-state index in [0.29, 0.717) is 29.0 Å². The van der Waals surface area contributed by atoms with Gasteiger partial charge < -0.3 is 5.32 Å². The summed E-state index contributed by atoms with van der Waals surface area (Å²) in [6, 6.07) is 6.37. The number of sulfonamides is 1. The number of thiophene rings is 1. The molecular formula is C19H22N4O4S2. The van der Waals surface area contributed by atoms with E-state index in [1.165, 1.54) is 38.7 Å². The highest BCUT2D eigenvalue weighted by Crippen LogP contribution is 2.23. The predicted octanol–water partition coefficient (Wildman–Crippen LogP) is 2.44. The molecule has 0 saturated heterocycles. The molecule has 1 amide bonds. The quantitative estimate of drug-likeness (QED) is 0.615. The molecule has 10 heteroatoms. The summed E-state index contributed by atoms with van der Waals surface area (Å²) in [6.45, 7) is 5.81. The van der Waals surface area contributed by atoms with Crippen LogP contribution in [0.1, 0.15) is 19.4 Å². The lowest BCUT2D eigenvalue weighted by Crippen LogP contribution is -2.31. The molecule has 0 radical (unpaired) electrons. The molecule has 29 heavy (non-hydrogen) atoms. The highest BCUT2D eigenvalue weighted by molar-refractivity contribution is 7.89. The number of fused-ring (bicyclic) bond motifs is 1. The lowest BCUT2D eigenvalue weighted by Gasteiger charge is -2.19. The number of amides is 1. The van der Waals surface area contributed by atoms with E-state index >= 15 is 0 Å². The second-order valence-corrected chi connectivity index (χ2v) is 9.28. The second kappa shape index (κ2) is 8.44. The molecule has 0 fully saturated rings. The van der Waals surface area contributed by atoms with Gasteiger partial charge in [-0.05, 0) is 36.1 Å².